The molecule has 1 aliphatic heterocycles. The van der Waals surface area contributed by atoms with Crippen LogP contribution in [0.5, 0.6) is 5.75 Å². The first kappa shape index (κ1) is 30.6. The van der Waals surface area contributed by atoms with Gasteiger partial charge in [0.2, 0.25) is 5.91 Å². The van der Waals surface area contributed by atoms with Crippen LogP contribution < -0.4 is 26.8 Å². The molecule has 2 unspecified atom stereocenters. The number of guanidine groups is 1. The molecule has 0 saturated carbocycles. The molecular formula is C35H40N6O3. The normalized spacial score (nSPS) is 17.5. The Morgan fingerprint density at radius 3 is 2.41 bits per heavy atom. The maximum Gasteiger partial charge on any atom is 0.251 e. The number of nitrogens with one attached hydrogen (secondary N) is 2. The first-order valence-corrected chi connectivity index (χ1v) is 15.1. The molecule has 1 saturated heterocycles. The number of hydrogen-bond donors (Lipinski definition) is 4. The molecule has 4 aromatic carbocycles. The van der Waals surface area contributed by atoms with Crippen molar-refractivity contribution in [2.75, 3.05) is 26.2 Å². The quantitative estimate of drug-likeness (QED) is 0.112. The number of benzene rings is 4. The van der Waals surface area contributed by atoms with Gasteiger partial charge in [-0.2, -0.15) is 0 Å². The van der Waals surface area contributed by atoms with Crippen LogP contribution in [0.1, 0.15) is 41.3 Å². The standard InChI is InChI=1S/C35H40N6O3/c36-35(37)38-20-9-16-31-34(43)41(24-32(26-11-3-1-4-12-26)44-30-14-5-2-6-15-30)21-19-29(40-31)23-39-33(42)28-18-17-25-10-7-8-13-27(25)22-28/h1-8,10-15,17-18,22,29,31-32,40H,9,16,19-21,23-24H2,(H,39,42)(H4,36,37,38)/t29-,31?,32?/m0/s1. The van der Waals surface area contributed by atoms with E-state index in [9.17, 15) is 9.59 Å². The highest BCUT2D eigenvalue weighted by atomic mass is 16.5. The molecule has 5 rings (SSSR count). The summed E-state index contributed by atoms with van der Waals surface area (Å²) in [6.45, 7) is 1.73. The second-order valence-corrected chi connectivity index (χ2v) is 11.0. The van der Waals surface area contributed by atoms with E-state index >= 15 is 0 Å². The van der Waals surface area contributed by atoms with E-state index in [-0.39, 0.29) is 29.9 Å². The highest BCUT2D eigenvalue weighted by Gasteiger charge is 2.32. The van der Waals surface area contributed by atoms with Crippen LogP contribution in [-0.2, 0) is 4.79 Å². The smallest absolute Gasteiger partial charge is 0.251 e. The third kappa shape index (κ3) is 8.35. The largest absolute Gasteiger partial charge is 0.484 e. The Hall–Kier alpha value is -4.89. The minimum atomic E-state index is -0.456. The lowest BCUT2D eigenvalue weighted by molar-refractivity contribution is -0.134. The Morgan fingerprint density at radius 2 is 1.66 bits per heavy atom. The zero-order valence-corrected chi connectivity index (χ0v) is 24.8. The molecule has 0 spiro atoms. The summed E-state index contributed by atoms with van der Waals surface area (Å²) < 4.78 is 6.42. The lowest BCUT2D eigenvalue weighted by Crippen LogP contribution is -2.49. The molecule has 9 nitrogen and oxygen atoms in total. The minimum absolute atomic E-state index is 0.00403. The summed E-state index contributed by atoms with van der Waals surface area (Å²) in [5, 5.41) is 8.71. The van der Waals surface area contributed by atoms with Gasteiger partial charge in [0.15, 0.2) is 5.96 Å². The monoisotopic (exact) mass is 592 g/mol. The van der Waals surface area contributed by atoms with Crippen molar-refractivity contribution in [1.82, 2.24) is 15.5 Å². The van der Waals surface area contributed by atoms with Crippen LogP contribution in [0.15, 0.2) is 108 Å². The number of carbonyl (C=O) groups is 2. The number of nitrogens with two attached hydrogens (primary N) is 2. The summed E-state index contributed by atoms with van der Waals surface area (Å²) in [4.78, 5) is 33.0. The van der Waals surface area contributed by atoms with Crippen LogP contribution in [0.3, 0.4) is 0 Å². The predicted molar refractivity (Wildman–Crippen MR) is 174 cm³/mol. The summed E-state index contributed by atoms with van der Waals surface area (Å²) in [6, 6.07) is 32.7. The van der Waals surface area contributed by atoms with Gasteiger partial charge in [-0.15, -0.1) is 0 Å². The van der Waals surface area contributed by atoms with Gasteiger partial charge in [-0.05, 0) is 59.9 Å². The van der Waals surface area contributed by atoms with Gasteiger partial charge in [0.05, 0.1) is 12.6 Å². The lowest BCUT2D eigenvalue weighted by Gasteiger charge is -2.29. The molecule has 9 heteroatoms. The predicted octanol–water partition coefficient (Wildman–Crippen LogP) is 4.00. The Morgan fingerprint density at radius 1 is 0.955 bits per heavy atom. The van der Waals surface area contributed by atoms with Crippen molar-refractivity contribution in [3.05, 3.63) is 114 Å². The van der Waals surface area contributed by atoms with Gasteiger partial charge in [0, 0.05) is 31.2 Å². The molecule has 1 heterocycles. The van der Waals surface area contributed by atoms with Gasteiger partial charge in [-0.1, -0.05) is 78.9 Å². The molecule has 44 heavy (non-hydrogen) atoms. The van der Waals surface area contributed by atoms with E-state index in [0.29, 0.717) is 51.0 Å². The molecule has 0 aliphatic carbocycles. The minimum Gasteiger partial charge on any atom is -0.484 e. The topological polar surface area (TPSA) is 135 Å². The zero-order chi connectivity index (χ0) is 30.7. The molecule has 2 amide bonds. The van der Waals surface area contributed by atoms with Crippen LogP contribution in [-0.4, -0.2) is 60.9 Å². The highest BCUT2D eigenvalue weighted by molar-refractivity contribution is 5.98. The second kappa shape index (κ2) is 15.0. The van der Waals surface area contributed by atoms with Crippen LogP contribution >= 0.6 is 0 Å². The zero-order valence-electron chi connectivity index (χ0n) is 24.8. The van der Waals surface area contributed by atoms with Crippen LogP contribution in [0.25, 0.3) is 10.8 Å². The number of para-hydroxylation sites is 1. The maximum atomic E-state index is 14.0. The summed E-state index contributed by atoms with van der Waals surface area (Å²) >= 11 is 0. The summed E-state index contributed by atoms with van der Waals surface area (Å²) in [5.74, 6) is 0.625. The third-order valence-corrected chi connectivity index (χ3v) is 7.84. The van der Waals surface area contributed by atoms with Crippen molar-refractivity contribution in [3.8, 4) is 5.75 Å². The molecule has 228 valence electrons. The average Bonchev–Trinajstić information content (AvgIpc) is 3.20. The lowest BCUT2D eigenvalue weighted by atomic mass is 10.1. The van der Waals surface area contributed by atoms with Gasteiger partial charge in [0.25, 0.3) is 5.91 Å². The highest BCUT2D eigenvalue weighted by Crippen LogP contribution is 2.25. The Kier molecular flexibility index (Phi) is 10.4. The van der Waals surface area contributed by atoms with E-state index in [0.717, 1.165) is 22.1 Å². The fourth-order valence-electron chi connectivity index (χ4n) is 5.52. The van der Waals surface area contributed by atoms with Gasteiger partial charge in [-0.25, -0.2) is 0 Å². The molecule has 6 N–H and O–H groups in total. The molecule has 4 aromatic rings. The van der Waals surface area contributed by atoms with Crippen molar-refractivity contribution >= 4 is 28.5 Å². The molecule has 3 atom stereocenters. The number of fused-ring (bicyclic) bond motifs is 1. The number of rotatable bonds is 12. The number of hydrogen-bond acceptors (Lipinski definition) is 5. The fourth-order valence-corrected chi connectivity index (χ4v) is 5.52. The summed E-state index contributed by atoms with van der Waals surface area (Å²) in [5.41, 5.74) is 12.6. The molecule has 0 radical (unpaired) electrons. The third-order valence-electron chi connectivity index (χ3n) is 7.84. The first-order chi connectivity index (χ1) is 21.5. The second-order valence-electron chi connectivity index (χ2n) is 11.0. The van der Waals surface area contributed by atoms with Gasteiger partial charge < -0.3 is 31.7 Å². The Labute approximate surface area is 258 Å². The van der Waals surface area contributed by atoms with Gasteiger partial charge in [-0.3, -0.25) is 14.6 Å². The fraction of sp³-hybridized carbons (Fsp3) is 0.286. The van der Waals surface area contributed by atoms with E-state index in [1.54, 1.807) is 0 Å². The number of carbonyl (C=O) groups excluding carboxylic acids is 2. The summed E-state index contributed by atoms with van der Waals surface area (Å²) in [6.07, 6.45) is 1.50. The van der Waals surface area contributed by atoms with E-state index < -0.39 is 6.04 Å². The molecule has 0 aromatic heterocycles. The summed E-state index contributed by atoms with van der Waals surface area (Å²) in [7, 11) is 0. The molecular weight excluding hydrogens is 552 g/mol. The number of aliphatic imine (C=N–C) groups is 1. The number of amides is 2. The molecule has 0 bridgehead atoms. The van der Waals surface area contributed by atoms with E-state index in [1.807, 2.05) is 108 Å². The van der Waals surface area contributed by atoms with Crippen LogP contribution in [0.2, 0.25) is 0 Å². The first-order valence-electron chi connectivity index (χ1n) is 15.1. The Balaban J connectivity index is 1.30. The van der Waals surface area contributed by atoms with Gasteiger partial charge in [0.1, 0.15) is 11.9 Å². The average molecular weight is 593 g/mol. The maximum absolute atomic E-state index is 14.0. The van der Waals surface area contributed by atoms with Crippen molar-refractivity contribution in [2.45, 2.75) is 37.5 Å². The van der Waals surface area contributed by atoms with Crippen molar-refractivity contribution in [2.24, 2.45) is 16.5 Å². The number of nitrogens with zero attached hydrogens (tertiary/aromatic N) is 2. The van der Waals surface area contributed by atoms with E-state index in [2.05, 4.69) is 15.6 Å². The Bertz CT molecular complexity index is 1560. The van der Waals surface area contributed by atoms with Gasteiger partial charge >= 0.3 is 0 Å². The van der Waals surface area contributed by atoms with Crippen LogP contribution in [0.4, 0.5) is 0 Å². The van der Waals surface area contributed by atoms with Crippen molar-refractivity contribution in [3.63, 3.8) is 0 Å². The van der Waals surface area contributed by atoms with Crippen LogP contribution in [0, 0.1) is 0 Å². The SMILES string of the molecule is NC(N)=NCCCC1N[C@H](CNC(=O)c2ccc3ccccc3c2)CCN(CC(Oc2ccccc2)c2ccccc2)C1=O. The van der Waals surface area contributed by atoms with Crippen molar-refractivity contribution in [1.29, 1.82) is 0 Å². The molecule has 1 aliphatic rings. The van der Waals surface area contributed by atoms with E-state index in [4.69, 9.17) is 16.2 Å². The molecule has 1 fully saturated rings. The van der Waals surface area contributed by atoms with E-state index in [1.165, 1.54) is 0 Å². The number of ether oxygens (including phenoxy) is 1. The van der Waals surface area contributed by atoms with Crippen molar-refractivity contribution < 1.29 is 14.3 Å².